The lowest BCUT2D eigenvalue weighted by Crippen LogP contribution is -2.35. The van der Waals surface area contributed by atoms with Gasteiger partial charge in [-0.05, 0) is 36.6 Å². The molecule has 1 saturated heterocycles. The average Bonchev–Trinajstić information content (AvgIpc) is 3.09. The summed E-state index contributed by atoms with van der Waals surface area (Å²) in [6.07, 6.45) is 4.23. The van der Waals surface area contributed by atoms with Crippen LogP contribution in [0.2, 0.25) is 0 Å². The number of ether oxygens (including phenoxy) is 2. The Morgan fingerprint density at radius 2 is 1.89 bits per heavy atom. The summed E-state index contributed by atoms with van der Waals surface area (Å²) in [6.45, 7) is 1.12. The Morgan fingerprint density at radius 1 is 1.15 bits per heavy atom. The molecule has 1 aliphatic heterocycles. The number of benzene rings is 1. The molecule has 0 radical (unpaired) electrons. The van der Waals surface area contributed by atoms with Crippen LogP contribution in [0.3, 0.4) is 0 Å². The fraction of sp³-hybridized carbons (Fsp3) is 0.421. The zero-order valence-corrected chi connectivity index (χ0v) is 16.4. The fourth-order valence-corrected chi connectivity index (χ4v) is 4.71. The highest BCUT2D eigenvalue weighted by Gasteiger charge is 2.28. The van der Waals surface area contributed by atoms with Gasteiger partial charge in [-0.2, -0.15) is 4.31 Å². The van der Waals surface area contributed by atoms with E-state index < -0.39 is 16.0 Å². The summed E-state index contributed by atoms with van der Waals surface area (Å²) in [5, 5.41) is 0. The minimum Gasteiger partial charge on any atom is -0.497 e. The highest BCUT2D eigenvalue weighted by Crippen LogP contribution is 2.23. The Morgan fingerprint density at radius 3 is 2.59 bits per heavy atom. The van der Waals surface area contributed by atoms with Crippen LogP contribution in [0.5, 0.6) is 5.75 Å². The van der Waals surface area contributed by atoms with E-state index in [0.717, 1.165) is 24.8 Å². The number of aryl methyl sites for hydroxylation is 1. The van der Waals surface area contributed by atoms with Gasteiger partial charge in [-0.1, -0.05) is 18.6 Å². The zero-order valence-electron chi connectivity index (χ0n) is 15.6. The fourth-order valence-electron chi connectivity index (χ4n) is 3.12. The van der Waals surface area contributed by atoms with Gasteiger partial charge < -0.3 is 14.0 Å². The molecule has 0 N–H and O–H groups in total. The van der Waals surface area contributed by atoms with E-state index in [1.165, 1.54) is 21.1 Å². The quantitative estimate of drug-likeness (QED) is 0.706. The molecule has 8 heteroatoms. The molecule has 7 nitrogen and oxygen atoms in total. The molecule has 146 valence electrons. The number of hydrogen-bond acceptors (Lipinski definition) is 5. The molecule has 0 spiro atoms. The molecule has 0 atom stereocenters. The SMILES string of the molecule is COc1cccc(COC(=O)c2cc(S(=O)(=O)N3CCCCC3)cn2C)c1. The van der Waals surface area contributed by atoms with Gasteiger partial charge in [0.15, 0.2) is 0 Å². The first kappa shape index (κ1) is 19.4. The van der Waals surface area contributed by atoms with Gasteiger partial charge in [-0.25, -0.2) is 13.2 Å². The summed E-state index contributed by atoms with van der Waals surface area (Å²) in [5.41, 5.74) is 0.992. The van der Waals surface area contributed by atoms with Crippen LogP contribution >= 0.6 is 0 Å². The Balaban J connectivity index is 1.72. The maximum Gasteiger partial charge on any atom is 0.355 e. The highest BCUT2D eigenvalue weighted by atomic mass is 32.2. The van der Waals surface area contributed by atoms with Gasteiger partial charge >= 0.3 is 5.97 Å². The minimum absolute atomic E-state index is 0.0788. The number of esters is 1. The molecular weight excluding hydrogens is 368 g/mol. The third kappa shape index (κ3) is 4.33. The number of rotatable bonds is 6. The molecule has 1 aromatic carbocycles. The molecule has 1 aliphatic rings. The molecule has 0 saturated carbocycles. The lowest BCUT2D eigenvalue weighted by atomic mass is 10.2. The number of sulfonamides is 1. The second-order valence-electron chi connectivity index (χ2n) is 6.56. The number of hydrogen-bond donors (Lipinski definition) is 0. The second kappa shape index (κ2) is 8.14. The predicted molar refractivity (Wildman–Crippen MR) is 100 cm³/mol. The first-order chi connectivity index (χ1) is 12.9. The van der Waals surface area contributed by atoms with Crippen LogP contribution in [0.1, 0.15) is 35.3 Å². The van der Waals surface area contributed by atoms with Crippen molar-refractivity contribution in [2.24, 2.45) is 7.05 Å². The predicted octanol–water partition coefficient (Wildman–Crippen LogP) is 2.57. The van der Waals surface area contributed by atoms with E-state index in [9.17, 15) is 13.2 Å². The van der Waals surface area contributed by atoms with E-state index in [1.54, 1.807) is 26.3 Å². The van der Waals surface area contributed by atoms with E-state index in [-0.39, 0.29) is 17.2 Å². The van der Waals surface area contributed by atoms with Gasteiger partial charge in [-0.3, -0.25) is 0 Å². The summed E-state index contributed by atoms with van der Waals surface area (Å²) in [5.74, 6) is 0.109. The standard InChI is InChI=1S/C19H24N2O5S/c1-20-13-17(27(23,24)21-9-4-3-5-10-21)12-18(20)19(22)26-14-15-7-6-8-16(11-15)25-2/h6-8,11-13H,3-5,9-10,14H2,1-2H3. The maximum absolute atomic E-state index is 12.8. The Bertz CT molecular complexity index is 914. The van der Waals surface area contributed by atoms with Crippen LogP contribution in [0.15, 0.2) is 41.4 Å². The molecule has 3 rings (SSSR count). The molecule has 0 amide bonds. The summed E-state index contributed by atoms with van der Waals surface area (Å²) >= 11 is 0. The van der Waals surface area contributed by atoms with Crippen molar-refractivity contribution in [3.05, 3.63) is 47.8 Å². The molecule has 27 heavy (non-hydrogen) atoms. The first-order valence-corrected chi connectivity index (χ1v) is 10.3. The molecular formula is C19H24N2O5S. The molecule has 0 bridgehead atoms. The number of methoxy groups -OCH3 is 1. The third-order valence-corrected chi connectivity index (χ3v) is 6.51. The number of carbonyl (C=O) groups excluding carboxylic acids is 1. The largest absolute Gasteiger partial charge is 0.497 e. The van der Waals surface area contributed by atoms with Crippen molar-refractivity contribution in [3.63, 3.8) is 0 Å². The molecule has 0 unspecified atom stereocenters. The minimum atomic E-state index is -3.59. The van der Waals surface area contributed by atoms with Crippen molar-refractivity contribution in [1.29, 1.82) is 0 Å². The van der Waals surface area contributed by atoms with Crippen LogP contribution < -0.4 is 4.74 Å². The molecule has 2 heterocycles. The number of piperidine rings is 1. The van der Waals surface area contributed by atoms with Gasteiger partial charge in [0.2, 0.25) is 10.0 Å². The first-order valence-electron chi connectivity index (χ1n) is 8.88. The smallest absolute Gasteiger partial charge is 0.355 e. The Hall–Kier alpha value is -2.32. The van der Waals surface area contributed by atoms with Crippen LogP contribution in [-0.4, -0.2) is 43.5 Å². The summed E-state index contributed by atoms with van der Waals surface area (Å²) < 4.78 is 39.0. The van der Waals surface area contributed by atoms with E-state index in [4.69, 9.17) is 9.47 Å². The lowest BCUT2D eigenvalue weighted by Gasteiger charge is -2.25. The highest BCUT2D eigenvalue weighted by molar-refractivity contribution is 7.89. The number of aromatic nitrogens is 1. The van der Waals surface area contributed by atoms with E-state index in [1.807, 2.05) is 12.1 Å². The van der Waals surface area contributed by atoms with Gasteiger partial charge in [0, 0.05) is 26.3 Å². The van der Waals surface area contributed by atoms with Gasteiger partial charge in [-0.15, -0.1) is 0 Å². The Kier molecular flexibility index (Phi) is 5.86. The normalized spacial score (nSPS) is 15.5. The third-order valence-electron chi connectivity index (χ3n) is 4.65. The van der Waals surface area contributed by atoms with Crippen LogP contribution in [0, 0.1) is 0 Å². The van der Waals surface area contributed by atoms with Crippen molar-refractivity contribution < 1.29 is 22.7 Å². The van der Waals surface area contributed by atoms with Crippen molar-refractivity contribution >= 4 is 16.0 Å². The van der Waals surface area contributed by atoms with Gasteiger partial charge in [0.05, 0.1) is 7.11 Å². The molecule has 1 fully saturated rings. The van der Waals surface area contributed by atoms with E-state index in [0.29, 0.717) is 18.8 Å². The summed E-state index contributed by atoms with van der Waals surface area (Å²) in [7, 11) is -0.380. The topological polar surface area (TPSA) is 77.8 Å². The van der Waals surface area contributed by atoms with Crippen molar-refractivity contribution in [2.45, 2.75) is 30.8 Å². The van der Waals surface area contributed by atoms with Crippen LogP contribution in [-0.2, 0) is 28.4 Å². The summed E-state index contributed by atoms with van der Waals surface area (Å²) in [4.78, 5) is 12.6. The monoisotopic (exact) mass is 392 g/mol. The summed E-state index contributed by atoms with van der Waals surface area (Å²) in [6, 6.07) is 8.61. The Labute approximate surface area is 159 Å². The second-order valence-corrected chi connectivity index (χ2v) is 8.50. The van der Waals surface area contributed by atoms with Crippen molar-refractivity contribution in [3.8, 4) is 5.75 Å². The van der Waals surface area contributed by atoms with Crippen LogP contribution in [0.4, 0.5) is 0 Å². The lowest BCUT2D eigenvalue weighted by molar-refractivity contribution is 0.0461. The average molecular weight is 392 g/mol. The zero-order chi connectivity index (χ0) is 19.4. The molecule has 2 aromatic rings. The molecule has 1 aromatic heterocycles. The maximum atomic E-state index is 12.8. The van der Waals surface area contributed by atoms with E-state index in [2.05, 4.69) is 0 Å². The van der Waals surface area contributed by atoms with E-state index >= 15 is 0 Å². The number of carbonyl (C=O) groups is 1. The number of nitrogens with zero attached hydrogens (tertiary/aromatic N) is 2. The van der Waals surface area contributed by atoms with Gasteiger partial charge in [0.25, 0.3) is 0 Å². The van der Waals surface area contributed by atoms with Gasteiger partial charge in [0.1, 0.15) is 22.9 Å². The van der Waals surface area contributed by atoms with Crippen LogP contribution in [0.25, 0.3) is 0 Å². The van der Waals surface area contributed by atoms with Crippen molar-refractivity contribution in [1.82, 2.24) is 8.87 Å². The molecule has 0 aliphatic carbocycles. The van der Waals surface area contributed by atoms with Crippen molar-refractivity contribution in [2.75, 3.05) is 20.2 Å².